The third-order valence-electron chi connectivity index (χ3n) is 3.27. The van der Waals surface area contributed by atoms with Crippen LogP contribution in [0.25, 0.3) is 6.08 Å². The third-order valence-corrected chi connectivity index (χ3v) is 3.27. The molecule has 5 heteroatoms. The van der Waals surface area contributed by atoms with Crippen LogP contribution in [-0.4, -0.2) is 36.2 Å². The third kappa shape index (κ3) is 5.28. The second-order valence-corrected chi connectivity index (χ2v) is 4.87. The predicted molar refractivity (Wildman–Crippen MR) is 80.8 cm³/mol. The van der Waals surface area contributed by atoms with Crippen LogP contribution in [0.1, 0.15) is 24.5 Å². The summed E-state index contributed by atoms with van der Waals surface area (Å²) < 4.78 is 5.22. The Labute approximate surface area is 125 Å². The van der Waals surface area contributed by atoms with Gasteiger partial charge in [0.2, 0.25) is 0 Å². The van der Waals surface area contributed by atoms with Gasteiger partial charge in [0.15, 0.2) is 0 Å². The lowest BCUT2D eigenvalue weighted by molar-refractivity contribution is -0.131. The molecule has 0 aromatic heterocycles. The molecule has 0 radical (unpaired) electrons. The van der Waals surface area contributed by atoms with Gasteiger partial charge in [-0.25, -0.2) is 4.79 Å². The standard InChI is InChI=1S/C16H20N2O3/c1-12(8-9-17)18(2)11-13-4-6-15(21-3)14(10-13)5-7-16(19)20/h4-7,10,12H,8,11H2,1-3H3,(H,19,20). The predicted octanol–water partition coefficient (Wildman–Crippen LogP) is 2.53. The molecule has 0 spiro atoms. The van der Waals surface area contributed by atoms with Crippen LogP contribution in [0.4, 0.5) is 0 Å². The van der Waals surface area contributed by atoms with Crippen molar-refractivity contribution in [1.29, 1.82) is 5.26 Å². The molecule has 1 aromatic carbocycles. The van der Waals surface area contributed by atoms with Crippen molar-refractivity contribution in [3.05, 3.63) is 35.4 Å². The number of hydrogen-bond acceptors (Lipinski definition) is 4. The number of carboxylic acid groups (broad SMARTS) is 1. The Hall–Kier alpha value is -2.32. The Kier molecular flexibility index (Phi) is 6.44. The van der Waals surface area contributed by atoms with E-state index in [2.05, 4.69) is 11.0 Å². The van der Waals surface area contributed by atoms with E-state index in [1.807, 2.05) is 32.2 Å². The summed E-state index contributed by atoms with van der Waals surface area (Å²) in [4.78, 5) is 12.7. The monoisotopic (exact) mass is 288 g/mol. The minimum Gasteiger partial charge on any atom is -0.496 e. The molecule has 1 aromatic rings. The fourth-order valence-corrected chi connectivity index (χ4v) is 1.91. The summed E-state index contributed by atoms with van der Waals surface area (Å²) in [5.41, 5.74) is 1.76. The molecule has 0 aliphatic rings. The molecule has 0 amide bonds. The van der Waals surface area contributed by atoms with E-state index in [0.717, 1.165) is 17.2 Å². The van der Waals surface area contributed by atoms with Crippen LogP contribution in [0.5, 0.6) is 5.75 Å². The van der Waals surface area contributed by atoms with Crippen molar-refractivity contribution in [2.45, 2.75) is 25.9 Å². The van der Waals surface area contributed by atoms with Crippen molar-refractivity contribution in [3.8, 4) is 11.8 Å². The highest BCUT2D eigenvalue weighted by Gasteiger charge is 2.10. The van der Waals surface area contributed by atoms with Gasteiger partial charge in [-0.15, -0.1) is 0 Å². The molecule has 0 heterocycles. The quantitative estimate of drug-likeness (QED) is 0.780. The van der Waals surface area contributed by atoms with Crippen molar-refractivity contribution in [2.75, 3.05) is 14.2 Å². The largest absolute Gasteiger partial charge is 0.496 e. The number of nitriles is 1. The van der Waals surface area contributed by atoms with E-state index >= 15 is 0 Å². The van der Waals surface area contributed by atoms with Crippen LogP contribution >= 0.6 is 0 Å². The van der Waals surface area contributed by atoms with E-state index in [0.29, 0.717) is 18.7 Å². The van der Waals surface area contributed by atoms with Gasteiger partial charge >= 0.3 is 5.97 Å². The lowest BCUT2D eigenvalue weighted by Gasteiger charge is -2.23. The molecule has 0 saturated carbocycles. The van der Waals surface area contributed by atoms with Gasteiger partial charge in [-0.1, -0.05) is 6.07 Å². The first-order valence-corrected chi connectivity index (χ1v) is 6.63. The molecule has 0 saturated heterocycles. The van der Waals surface area contributed by atoms with Crippen LogP contribution in [0, 0.1) is 11.3 Å². The number of aliphatic carboxylic acids is 1. The molecule has 0 fully saturated rings. The highest BCUT2D eigenvalue weighted by Crippen LogP contribution is 2.22. The van der Waals surface area contributed by atoms with Gasteiger partial charge in [0.1, 0.15) is 5.75 Å². The van der Waals surface area contributed by atoms with Gasteiger partial charge in [-0.2, -0.15) is 5.26 Å². The van der Waals surface area contributed by atoms with Crippen molar-refractivity contribution in [3.63, 3.8) is 0 Å². The molecule has 0 aliphatic carbocycles. The average Bonchev–Trinajstić information content (AvgIpc) is 2.45. The smallest absolute Gasteiger partial charge is 0.328 e. The van der Waals surface area contributed by atoms with Gasteiger partial charge in [0.05, 0.1) is 19.6 Å². The van der Waals surface area contributed by atoms with Crippen LogP contribution < -0.4 is 4.74 Å². The van der Waals surface area contributed by atoms with Gasteiger partial charge < -0.3 is 9.84 Å². The number of carboxylic acids is 1. The number of methoxy groups -OCH3 is 1. The number of benzene rings is 1. The van der Waals surface area contributed by atoms with Crippen LogP contribution in [-0.2, 0) is 11.3 Å². The van der Waals surface area contributed by atoms with Crippen LogP contribution in [0.3, 0.4) is 0 Å². The molecular weight excluding hydrogens is 268 g/mol. The lowest BCUT2D eigenvalue weighted by Crippen LogP contribution is -2.28. The molecule has 0 aliphatic heterocycles. The van der Waals surface area contributed by atoms with E-state index in [1.165, 1.54) is 6.08 Å². The number of hydrogen-bond donors (Lipinski definition) is 1. The summed E-state index contributed by atoms with van der Waals surface area (Å²) in [6.45, 7) is 2.68. The molecule has 1 unspecified atom stereocenters. The molecule has 5 nitrogen and oxygen atoms in total. The number of nitrogens with zero attached hydrogens (tertiary/aromatic N) is 2. The minimum absolute atomic E-state index is 0.162. The first-order chi connectivity index (χ1) is 9.97. The maximum absolute atomic E-state index is 10.6. The molecule has 112 valence electrons. The van der Waals surface area contributed by atoms with Crippen LogP contribution in [0.2, 0.25) is 0 Å². The maximum Gasteiger partial charge on any atom is 0.328 e. The van der Waals surface area contributed by atoms with Crippen molar-refractivity contribution in [2.24, 2.45) is 0 Å². The highest BCUT2D eigenvalue weighted by molar-refractivity contribution is 5.85. The van der Waals surface area contributed by atoms with Crippen molar-refractivity contribution in [1.82, 2.24) is 4.90 Å². The lowest BCUT2D eigenvalue weighted by atomic mass is 10.1. The van der Waals surface area contributed by atoms with E-state index in [1.54, 1.807) is 7.11 Å². The first-order valence-electron chi connectivity index (χ1n) is 6.63. The Morgan fingerprint density at radius 2 is 2.29 bits per heavy atom. The molecule has 0 bridgehead atoms. The van der Waals surface area contributed by atoms with Crippen molar-refractivity contribution < 1.29 is 14.6 Å². The topological polar surface area (TPSA) is 73.6 Å². The van der Waals surface area contributed by atoms with Gasteiger partial charge in [-0.05, 0) is 37.7 Å². The first kappa shape index (κ1) is 16.7. The molecule has 1 N–H and O–H groups in total. The van der Waals surface area contributed by atoms with E-state index in [4.69, 9.17) is 15.1 Å². The van der Waals surface area contributed by atoms with Crippen molar-refractivity contribution >= 4 is 12.0 Å². The van der Waals surface area contributed by atoms with Gasteiger partial charge in [-0.3, -0.25) is 4.90 Å². The summed E-state index contributed by atoms with van der Waals surface area (Å²) in [5.74, 6) is -0.369. The van der Waals surface area contributed by atoms with Gasteiger partial charge in [0, 0.05) is 24.2 Å². The zero-order valence-corrected chi connectivity index (χ0v) is 12.5. The summed E-state index contributed by atoms with van der Waals surface area (Å²) in [7, 11) is 3.51. The maximum atomic E-state index is 10.6. The van der Waals surface area contributed by atoms with Gasteiger partial charge in [0.25, 0.3) is 0 Å². The fraction of sp³-hybridized carbons (Fsp3) is 0.375. The fourth-order valence-electron chi connectivity index (χ4n) is 1.91. The highest BCUT2D eigenvalue weighted by atomic mass is 16.5. The molecular formula is C16H20N2O3. The summed E-state index contributed by atoms with van der Waals surface area (Å²) in [6, 6.07) is 7.97. The number of rotatable bonds is 7. The number of ether oxygens (including phenoxy) is 1. The summed E-state index contributed by atoms with van der Waals surface area (Å²) in [6.07, 6.45) is 3.07. The minimum atomic E-state index is -0.998. The van der Waals surface area contributed by atoms with Crippen LogP contribution in [0.15, 0.2) is 24.3 Å². The SMILES string of the molecule is COc1ccc(CN(C)C(C)CC#N)cc1C=CC(=O)O. The molecule has 1 atom stereocenters. The second-order valence-electron chi connectivity index (χ2n) is 4.87. The second kappa shape index (κ2) is 8.08. The zero-order valence-electron chi connectivity index (χ0n) is 12.5. The number of carbonyl (C=O) groups is 1. The summed E-state index contributed by atoms with van der Waals surface area (Å²) in [5, 5.41) is 17.4. The average molecular weight is 288 g/mol. The van der Waals surface area contributed by atoms with E-state index in [9.17, 15) is 4.79 Å². The zero-order chi connectivity index (χ0) is 15.8. The Morgan fingerprint density at radius 1 is 1.57 bits per heavy atom. The molecule has 1 rings (SSSR count). The Balaban J connectivity index is 2.92. The summed E-state index contributed by atoms with van der Waals surface area (Å²) >= 11 is 0. The van der Waals surface area contributed by atoms with E-state index < -0.39 is 5.97 Å². The van der Waals surface area contributed by atoms with E-state index in [-0.39, 0.29) is 6.04 Å². The Morgan fingerprint density at radius 3 is 2.86 bits per heavy atom. The Bertz CT molecular complexity index is 561. The molecule has 21 heavy (non-hydrogen) atoms. The normalized spacial score (nSPS) is 12.3.